The van der Waals surface area contributed by atoms with Crippen molar-refractivity contribution in [2.75, 3.05) is 13.2 Å². The minimum absolute atomic E-state index is 0.00560. The fourth-order valence-corrected chi connectivity index (χ4v) is 3.64. The zero-order valence-electron chi connectivity index (χ0n) is 15.3. The lowest BCUT2D eigenvalue weighted by Crippen LogP contribution is -2.46. The summed E-state index contributed by atoms with van der Waals surface area (Å²) < 4.78 is 34.1. The van der Waals surface area contributed by atoms with Gasteiger partial charge in [0.2, 0.25) is 5.91 Å². The molecule has 1 fully saturated rings. The van der Waals surface area contributed by atoms with Gasteiger partial charge in [0.05, 0.1) is 5.69 Å². The average Bonchev–Trinajstić information content (AvgIpc) is 3.34. The summed E-state index contributed by atoms with van der Waals surface area (Å²) >= 11 is 0. The Bertz CT molecular complexity index is 962. The highest BCUT2D eigenvalue weighted by molar-refractivity contribution is 5.90. The number of hydrogen-bond acceptors (Lipinski definition) is 5. The summed E-state index contributed by atoms with van der Waals surface area (Å²) in [5.74, 6) is -0.746. The Balaban J connectivity index is 1.98. The zero-order valence-corrected chi connectivity index (χ0v) is 15.3. The van der Waals surface area contributed by atoms with Crippen molar-refractivity contribution in [3.05, 3.63) is 47.4 Å². The predicted octanol–water partition coefficient (Wildman–Crippen LogP) is 1.67. The van der Waals surface area contributed by atoms with Crippen LogP contribution in [-0.2, 0) is 15.8 Å². The van der Waals surface area contributed by atoms with Crippen molar-refractivity contribution in [2.24, 2.45) is 11.5 Å². The van der Waals surface area contributed by atoms with E-state index in [-0.39, 0.29) is 37.4 Å². The van der Waals surface area contributed by atoms with Crippen molar-refractivity contribution in [2.45, 2.75) is 36.5 Å². The first kappa shape index (κ1) is 18.8. The lowest BCUT2D eigenvalue weighted by molar-refractivity contribution is -0.123. The second-order valence-corrected chi connectivity index (χ2v) is 7.75. The van der Waals surface area contributed by atoms with Gasteiger partial charge in [-0.25, -0.2) is 13.8 Å². The van der Waals surface area contributed by atoms with Gasteiger partial charge in [-0.05, 0) is 50.1 Å². The van der Waals surface area contributed by atoms with E-state index in [2.05, 4.69) is 4.98 Å². The van der Waals surface area contributed by atoms with Gasteiger partial charge >= 0.3 is 0 Å². The van der Waals surface area contributed by atoms with Crippen LogP contribution in [0.4, 0.5) is 8.78 Å². The molecule has 2 aromatic rings. The SMILES string of the molecule is C[C@]1(C(N)=O)COc2c1cc([C@@](O)(CN)C1(F)CC1)nc2-c1ccc(F)cc1. The Hall–Kier alpha value is -2.58. The number of carbonyl (C=O) groups is 1. The fourth-order valence-electron chi connectivity index (χ4n) is 3.64. The second-order valence-electron chi connectivity index (χ2n) is 7.75. The standard InChI is InChI=1S/C20H21F2N3O3/c1-18(17(24)26)10-28-16-13(18)8-14(20(27,9-23)19(22)6-7-19)25-15(16)11-2-4-12(21)5-3-11/h2-5,8,27H,6-7,9-10,23H2,1H3,(H2,24,26)/t18-,20-/m0/s1. The molecule has 0 bridgehead atoms. The van der Waals surface area contributed by atoms with E-state index in [0.29, 0.717) is 16.9 Å². The van der Waals surface area contributed by atoms with E-state index in [1.807, 2.05) is 0 Å². The number of amides is 1. The molecule has 1 aromatic heterocycles. The van der Waals surface area contributed by atoms with E-state index in [1.54, 1.807) is 6.92 Å². The largest absolute Gasteiger partial charge is 0.489 e. The van der Waals surface area contributed by atoms with Crippen LogP contribution in [0.1, 0.15) is 31.0 Å². The first-order chi connectivity index (χ1) is 13.1. The number of hydrogen-bond donors (Lipinski definition) is 3. The lowest BCUT2D eigenvalue weighted by Gasteiger charge is -2.31. The van der Waals surface area contributed by atoms with Crippen molar-refractivity contribution in [3.8, 4) is 17.0 Å². The summed E-state index contributed by atoms with van der Waals surface area (Å²) in [5, 5.41) is 11.1. The number of ether oxygens (including phenoxy) is 1. The number of alkyl halides is 1. The maximum absolute atomic E-state index is 15.0. The normalized spacial score (nSPS) is 24.2. The maximum atomic E-state index is 15.0. The van der Waals surface area contributed by atoms with Crippen LogP contribution in [0.5, 0.6) is 5.75 Å². The molecule has 4 rings (SSSR count). The van der Waals surface area contributed by atoms with Gasteiger partial charge in [-0.3, -0.25) is 4.79 Å². The molecule has 2 atom stereocenters. The van der Waals surface area contributed by atoms with E-state index in [4.69, 9.17) is 16.2 Å². The third-order valence-corrected chi connectivity index (χ3v) is 5.88. The highest BCUT2D eigenvalue weighted by Gasteiger charge is 2.61. The number of rotatable bonds is 5. The van der Waals surface area contributed by atoms with Crippen LogP contribution in [0.25, 0.3) is 11.3 Å². The molecule has 1 amide bonds. The van der Waals surface area contributed by atoms with Crippen LogP contribution in [0.3, 0.4) is 0 Å². The summed E-state index contributed by atoms with van der Waals surface area (Å²) in [5.41, 5.74) is 7.44. The Kier molecular flexibility index (Phi) is 3.99. The van der Waals surface area contributed by atoms with Gasteiger partial charge in [-0.2, -0.15) is 0 Å². The molecule has 0 saturated heterocycles. The van der Waals surface area contributed by atoms with Crippen molar-refractivity contribution in [3.63, 3.8) is 0 Å². The van der Waals surface area contributed by atoms with Gasteiger partial charge in [0, 0.05) is 17.7 Å². The van der Waals surface area contributed by atoms with E-state index in [9.17, 15) is 18.7 Å². The summed E-state index contributed by atoms with van der Waals surface area (Å²) in [6, 6.07) is 6.95. The van der Waals surface area contributed by atoms with Crippen LogP contribution < -0.4 is 16.2 Å². The number of primary amides is 1. The summed E-state index contributed by atoms with van der Waals surface area (Å²) in [7, 11) is 0. The quantitative estimate of drug-likeness (QED) is 0.720. The smallest absolute Gasteiger partial charge is 0.231 e. The summed E-state index contributed by atoms with van der Waals surface area (Å²) in [4.78, 5) is 16.6. The number of aliphatic hydroxyl groups is 1. The molecular weight excluding hydrogens is 368 g/mol. The second kappa shape index (κ2) is 5.96. The number of carbonyl (C=O) groups excluding carboxylic acids is 1. The molecule has 0 radical (unpaired) electrons. The van der Waals surface area contributed by atoms with Gasteiger partial charge in [-0.1, -0.05) is 0 Å². The van der Waals surface area contributed by atoms with Crippen LogP contribution in [0.2, 0.25) is 0 Å². The summed E-state index contributed by atoms with van der Waals surface area (Å²) in [6.45, 7) is 1.22. The number of fused-ring (bicyclic) bond motifs is 1. The molecule has 8 heteroatoms. The third kappa shape index (κ3) is 2.51. The number of benzene rings is 1. The molecule has 1 aliphatic heterocycles. The Morgan fingerprint density at radius 3 is 2.54 bits per heavy atom. The van der Waals surface area contributed by atoms with Gasteiger partial charge < -0.3 is 21.3 Å². The predicted molar refractivity (Wildman–Crippen MR) is 97.7 cm³/mol. The molecule has 1 aromatic carbocycles. The molecule has 6 nitrogen and oxygen atoms in total. The number of nitrogens with two attached hydrogens (primary N) is 2. The van der Waals surface area contributed by atoms with Gasteiger partial charge in [0.1, 0.15) is 35.0 Å². The molecule has 2 heterocycles. The molecule has 1 aliphatic carbocycles. The monoisotopic (exact) mass is 389 g/mol. The maximum Gasteiger partial charge on any atom is 0.231 e. The highest BCUT2D eigenvalue weighted by atomic mass is 19.1. The molecule has 0 spiro atoms. The molecule has 2 aliphatic rings. The van der Waals surface area contributed by atoms with Crippen LogP contribution in [0, 0.1) is 5.82 Å². The van der Waals surface area contributed by atoms with Gasteiger partial charge in [0.15, 0.2) is 5.60 Å². The van der Waals surface area contributed by atoms with Crippen molar-refractivity contribution in [1.82, 2.24) is 4.98 Å². The van der Waals surface area contributed by atoms with Crippen LogP contribution >= 0.6 is 0 Å². The lowest BCUT2D eigenvalue weighted by atomic mass is 9.81. The molecule has 5 N–H and O–H groups in total. The first-order valence-electron chi connectivity index (χ1n) is 9.01. The van der Waals surface area contributed by atoms with Crippen LogP contribution in [-0.4, -0.2) is 34.8 Å². The van der Waals surface area contributed by atoms with Crippen molar-refractivity contribution < 1.29 is 23.4 Å². The number of halogens is 2. The van der Waals surface area contributed by atoms with Gasteiger partial charge in [-0.15, -0.1) is 0 Å². The van der Waals surface area contributed by atoms with E-state index >= 15 is 0 Å². The Morgan fingerprint density at radius 2 is 2.00 bits per heavy atom. The summed E-state index contributed by atoms with van der Waals surface area (Å²) in [6.07, 6.45) is 0.323. The number of aromatic nitrogens is 1. The first-order valence-corrected chi connectivity index (χ1v) is 9.01. The number of nitrogens with zero attached hydrogens (tertiary/aromatic N) is 1. The zero-order chi connectivity index (χ0) is 20.3. The highest BCUT2D eigenvalue weighted by Crippen LogP contribution is 2.54. The fraction of sp³-hybridized carbons (Fsp3) is 0.400. The minimum atomic E-state index is -2.02. The van der Waals surface area contributed by atoms with E-state index < -0.39 is 28.4 Å². The molecule has 148 valence electrons. The Morgan fingerprint density at radius 1 is 1.36 bits per heavy atom. The molecule has 0 unspecified atom stereocenters. The molecule has 28 heavy (non-hydrogen) atoms. The Labute approximate surface area is 160 Å². The molecule has 1 saturated carbocycles. The minimum Gasteiger partial charge on any atom is -0.489 e. The van der Waals surface area contributed by atoms with Crippen molar-refractivity contribution >= 4 is 5.91 Å². The van der Waals surface area contributed by atoms with Crippen molar-refractivity contribution in [1.29, 1.82) is 0 Å². The van der Waals surface area contributed by atoms with Crippen LogP contribution in [0.15, 0.2) is 30.3 Å². The number of pyridine rings is 1. The average molecular weight is 389 g/mol. The van der Waals surface area contributed by atoms with Gasteiger partial charge in [0.25, 0.3) is 0 Å². The third-order valence-electron chi connectivity index (χ3n) is 5.88. The topological polar surface area (TPSA) is 111 Å². The van der Waals surface area contributed by atoms with E-state index in [1.165, 1.54) is 30.3 Å². The molecular formula is C20H21F2N3O3. The van der Waals surface area contributed by atoms with E-state index in [0.717, 1.165) is 0 Å².